The van der Waals surface area contributed by atoms with Crippen molar-refractivity contribution in [1.82, 2.24) is 20.1 Å². The van der Waals surface area contributed by atoms with E-state index in [4.69, 9.17) is 4.74 Å². The summed E-state index contributed by atoms with van der Waals surface area (Å²) in [4.78, 5) is 9.06. The molecule has 0 bridgehead atoms. The Balaban J connectivity index is 1.69. The summed E-state index contributed by atoms with van der Waals surface area (Å²) in [7, 11) is 4.00. The monoisotopic (exact) mass is 287 g/mol. The van der Waals surface area contributed by atoms with Crippen LogP contribution in [0.25, 0.3) is 0 Å². The molecule has 0 aromatic carbocycles. The number of aromatic nitrogens is 3. The van der Waals surface area contributed by atoms with Gasteiger partial charge < -0.3 is 9.64 Å². The van der Waals surface area contributed by atoms with Crippen molar-refractivity contribution >= 4 is 5.82 Å². The summed E-state index contributed by atoms with van der Waals surface area (Å²) in [5, 5.41) is 7.00. The van der Waals surface area contributed by atoms with Crippen LogP contribution in [0.5, 0.6) is 0 Å². The molecule has 2 aromatic rings. The lowest BCUT2D eigenvalue weighted by molar-refractivity contribution is -0.0353. The van der Waals surface area contributed by atoms with Crippen molar-refractivity contribution in [3.63, 3.8) is 0 Å². The van der Waals surface area contributed by atoms with Crippen LogP contribution in [0.1, 0.15) is 17.5 Å². The van der Waals surface area contributed by atoms with E-state index in [0.29, 0.717) is 0 Å². The second-order valence-electron chi connectivity index (χ2n) is 5.49. The van der Waals surface area contributed by atoms with Gasteiger partial charge in [-0.05, 0) is 18.2 Å². The SMILES string of the molecule is CN(C)c1cccc(C2CN(Cc3ccn[nH]3)CCO2)n1. The van der Waals surface area contributed by atoms with Gasteiger partial charge in [-0.2, -0.15) is 5.10 Å². The Bertz CT molecular complexity index is 569. The van der Waals surface area contributed by atoms with Crippen molar-refractivity contribution in [2.75, 3.05) is 38.7 Å². The number of ether oxygens (including phenoxy) is 1. The van der Waals surface area contributed by atoms with Crippen LogP contribution in [0.3, 0.4) is 0 Å². The number of hydrogen-bond acceptors (Lipinski definition) is 5. The first-order valence-corrected chi connectivity index (χ1v) is 7.19. The zero-order valence-electron chi connectivity index (χ0n) is 12.5. The zero-order valence-corrected chi connectivity index (χ0v) is 12.5. The second-order valence-corrected chi connectivity index (χ2v) is 5.49. The maximum absolute atomic E-state index is 5.90. The summed E-state index contributed by atoms with van der Waals surface area (Å²) in [5.41, 5.74) is 2.13. The van der Waals surface area contributed by atoms with Gasteiger partial charge in [0.2, 0.25) is 0 Å². The van der Waals surface area contributed by atoms with Crippen LogP contribution in [0.15, 0.2) is 30.5 Å². The van der Waals surface area contributed by atoms with Gasteiger partial charge in [-0.15, -0.1) is 0 Å². The molecule has 1 fully saturated rings. The van der Waals surface area contributed by atoms with Crippen LogP contribution >= 0.6 is 0 Å². The van der Waals surface area contributed by atoms with Crippen LogP contribution < -0.4 is 4.90 Å². The molecular weight excluding hydrogens is 266 g/mol. The molecule has 0 spiro atoms. The standard InChI is InChI=1S/C15H21N5O/c1-19(2)15-5-3-4-13(17-15)14-11-20(8-9-21-14)10-12-6-7-16-18-12/h3-7,14H,8-11H2,1-2H3,(H,16,18). The Labute approximate surface area is 124 Å². The topological polar surface area (TPSA) is 57.3 Å². The van der Waals surface area contributed by atoms with Gasteiger partial charge in [0.15, 0.2) is 0 Å². The largest absolute Gasteiger partial charge is 0.369 e. The van der Waals surface area contributed by atoms with E-state index in [2.05, 4.69) is 20.1 Å². The third kappa shape index (κ3) is 3.40. The molecule has 1 unspecified atom stereocenters. The highest BCUT2D eigenvalue weighted by Gasteiger charge is 2.23. The minimum absolute atomic E-state index is 0.0292. The molecule has 0 amide bonds. The molecule has 0 saturated carbocycles. The lowest BCUT2D eigenvalue weighted by Crippen LogP contribution is -2.38. The number of morpholine rings is 1. The van der Waals surface area contributed by atoms with Gasteiger partial charge in [0.1, 0.15) is 11.9 Å². The van der Waals surface area contributed by atoms with Gasteiger partial charge in [-0.25, -0.2) is 4.98 Å². The van der Waals surface area contributed by atoms with Crippen LogP contribution in [-0.4, -0.2) is 53.9 Å². The third-order valence-corrected chi connectivity index (χ3v) is 3.65. The number of aromatic amines is 1. The molecule has 21 heavy (non-hydrogen) atoms. The molecule has 2 aromatic heterocycles. The molecule has 112 valence electrons. The zero-order chi connectivity index (χ0) is 14.7. The number of nitrogens with one attached hydrogen (secondary N) is 1. The highest BCUT2D eigenvalue weighted by atomic mass is 16.5. The van der Waals surface area contributed by atoms with Gasteiger partial charge in [0.25, 0.3) is 0 Å². The van der Waals surface area contributed by atoms with Crippen molar-refractivity contribution in [2.24, 2.45) is 0 Å². The Morgan fingerprint density at radius 3 is 3.05 bits per heavy atom. The first-order chi connectivity index (χ1) is 10.2. The van der Waals surface area contributed by atoms with E-state index in [1.807, 2.05) is 43.3 Å². The van der Waals surface area contributed by atoms with E-state index in [1.165, 1.54) is 0 Å². The number of anilines is 1. The van der Waals surface area contributed by atoms with Gasteiger partial charge in [-0.3, -0.25) is 10.00 Å². The number of nitrogens with zero attached hydrogens (tertiary/aromatic N) is 4. The normalized spacial score (nSPS) is 19.6. The fourth-order valence-electron chi connectivity index (χ4n) is 2.51. The minimum atomic E-state index is 0.0292. The lowest BCUT2D eigenvalue weighted by atomic mass is 10.2. The Kier molecular flexibility index (Phi) is 4.17. The minimum Gasteiger partial charge on any atom is -0.369 e. The smallest absolute Gasteiger partial charge is 0.128 e. The number of H-pyrrole nitrogens is 1. The number of pyridine rings is 1. The summed E-state index contributed by atoms with van der Waals surface area (Å²) in [6, 6.07) is 8.09. The first-order valence-electron chi connectivity index (χ1n) is 7.19. The van der Waals surface area contributed by atoms with Crippen LogP contribution in [0.4, 0.5) is 5.82 Å². The molecule has 1 aliphatic heterocycles. The van der Waals surface area contributed by atoms with Crippen LogP contribution in [-0.2, 0) is 11.3 Å². The average Bonchev–Trinajstić information content (AvgIpc) is 3.00. The van der Waals surface area contributed by atoms with Crippen molar-refractivity contribution in [3.8, 4) is 0 Å². The van der Waals surface area contributed by atoms with Crippen molar-refractivity contribution in [3.05, 3.63) is 41.9 Å². The maximum atomic E-state index is 5.90. The molecule has 1 aliphatic rings. The van der Waals surface area contributed by atoms with Crippen LogP contribution in [0, 0.1) is 0 Å². The van der Waals surface area contributed by atoms with E-state index in [-0.39, 0.29) is 6.10 Å². The maximum Gasteiger partial charge on any atom is 0.128 e. The third-order valence-electron chi connectivity index (χ3n) is 3.65. The number of hydrogen-bond donors (Lipinski definition) is 1. The Morgan fingerprint density at radius 2 is 2.29 bits per heavy atom. The van der Waals surface area contributed by atoms with Gasteiger partial charge in [-0.1, -0.05) is 6.07 Å². The van der Waals surface area contributed by atoms with E-state index in [9.17, 15) is 0 Å². The average molecular weight is 287 g/mol. The summed E-state index contributed by atoms with van der Waals surface area (Å²) in [5.74, 6) is 0.960. The predicted molar refractivity (Wildman–Crippen MR) is 81.1 cm³/mol. The summed E-state index contributed by atoms with van der Waals surface area (Å²) in [6.45, 7) is 3.38. The van der Waals surface area contributed by atoms with Crippen molar-refractivity contribution < 1.29 is 4.74 Å². The molecule has 3 heterocycles. The van der Waals surface area contributed by atoms with Crippen molar-refractivity contribution in [2.45, 2.75) is 12.6 Å². The van der Waals surface area contributed by atoms with E-state index in [0.717, 1.165) is 43.4 Å². The highest BCUT2D eigenvalue weighted by molar-refractivity contribution is 5.37. The summed E-state index contributed by atoms with van der Waals surface area (Å²) < 4.78 is 5.90. The first kappa shape index (κ1) is 14.0. The molecule has 1 N–H and O–H groups in total. The molecule has 6 heteroatoms. The molecule has 6 nitrogen and oxygen atoms in total. The molecule has 0 radical (unpaired) electrons. The van der Waals surface area contributed by atoms with E-state index in [1.54, 1.807) is 6.20 Å². The Morgan fingerprint density at radius 1 is 1.38 bits per heavy atom. The summed E-state index contributed by atoms with van der Waals surface area (Å²) in [6.07, 6.45) is 1.82. The van der Waals surface area contributed by atoms with Crippen LogP contribution in [0.2, 0.25) is 0 Å². The molecular formula is C15H21N5O. The molecule has 1 saturated heterocycles. The summed E-state index contributed by atoms with van der Waals surface area (Å²) >= 11 is 0. The van der Waals surface area contributed by atoms with Gasteiger partial charge in [0.05, 0.1) is 12.3 Å². The van der Waals surface area contributed by atoms with Crippen molar-refractivity contribution in [1.29, 1.82) is 0 Å². The highest BCUT2D eigenvalue weighted by Crippen LogP contribution is 2.23. The lowest BCUT2D eigenvalue weighted by Gasteiger charge is -2.32. The fourth-order valence-corrected chi connectivity index (χ4v) is 2.51. The van der Waals surface area contributed by atoms with E-state index >= 15 is 0 Å². The van der Waals surface area contributed by atoms with Gasteiger partial charge in [0, 0.05) is 45.6 Å². The fraction of sp³-hybridized carbons (Fsp3) is 0.467. The quantitative estimate of drug-likeness (QED) is 0.922. The molecule has 3 rings (SSSR count). The second kappa shape index (κ2) is 6.24. The van der Waals surface area contributed by atoms with E-state index < -0.39 is 0 Å². The predicted octanol–water partition coefficient (Wildman–Crippen LogP) is 1.44. The Hall–Kier alpha value is -1.92. The van der Waals surface area contributed by atoms with Gasteiger partial charge >= 0.3 is 0 Å². The molecule has 0 aliphatic carbocycles. The molecule has 1 atom stereocenters. The number of rotatable bonds is 4.